The number of anilines is 1. The summed E-state index contributed by atoms with van der Waals surface area (Å²) in [6.45, 7) is 1.38. The normalized spacial score (nSPS) is 19.6. The van der Waals surface area contributed by atoms with Crippen LogP contribution in [0.3, 0.4) is 0 Å². The van der Waals surface area contributed by atoms with Crippen LogP contribution in [0.1, 0.15) is 24.2 Å². The van der Waals surface area contributed by atoms with Gasteiger partial charge in [0.2, 0.25) is 0 Å². The second-order valence-electron chi connectivity index (χ2n) is 3.47. The van der Waals surface area contributed by atoms with Crippen LogP contribution in [-0.2, 0) is 10.7 Å². The number of nitrogens with one attached hydrogen (secondary N) is 1. The van der Waals surface area contributed by atoms with Gasteiger partial charge in [-0.1, -0.05) is 12.1 Å². The van der Waals surface area contributed by atoms with E-state index in [0.29, 0.717) is 0 Å². The van der Waals surface area contributed by atoms with E-state index in [0.717, 1.165) is 0 Å². The number of benzene rings is 1. The molecule has 1 aromatic rings. The fourth-order valence-corrected chi connectivity index (χ4v) is 1.69. The number of halogens is 2. The molecule has 2 N–H and O–H groups in total. The van der Waals surface area contributed by atoms with Gasteiger partial charge in [-0.2, -0.15) is 8.78 Å². The van der Waals surface area contributed by atoms with Crippen LogP contribution in [-0.4, -0.2) is 11.0 Å². The second-order valence-corrected chi connectivity index (χ2v) is 3.47. The van der Waals surface area contributed by atoms with E-state index < -0.39 is 23.5 Å². The lowest BCUT2D eigenvalue weighted by Crippen LogP contribution is -2.25. The van der Waals surface area contributed by atoms with E-state index in [-0.39, 0.29) is 11.3 Å². The fourth-order valence-electron chi connectivity index (χ4n) is 1.69. The van der Waals surface area contributed by atoms with Gasteiger partial charge in [0.1, 0.15) is 0 Å². The van der Waals surface area contributed by atoms with Gasteiger partial charge >= 0.3 is 5.92 Å². The standard InChI is InChI=1S/C10H9F2NO2/c1-5(14)6-3-2-4-7-8(6)10(11,12)9(15)13-7/h2-5,14H,1H3,(H,13,15)/t5-/m0/s1. The first-order valence-corrected chi connectivity index (χ1v) is 4.45. The molecule has 0 bridgehead atoms. The SMILES string of the molecule is C[C@H](O)c1cccc2c1C(F)(F)C(=O)N2. The van der Waals surface area contributed by atoms with Crippen molar-refractivity contribution in [2.45, 2.75) is 19.0 Å². The molecule has 1 aliphatic heterocycles. The Balaban J connectivity index is 2.67. The van der Waals surface area contributed by atoms with Crippen LogP contribution in [0.4, 0.5) is 14.5 Å². The molecule has 5 heteroatoms. The Morgan fingerprint density at radius 1 is 1.47 bits per heavy atom. The summed E-state index contributed by atoms with van der Waals surface area (Å²) < 4.78 is 26.9. The van der Waals surface area contributed by atoms with E-state index in [4.69, 9.17) is 0 Å². The number of hydrogen-bond donors (Lipinski definition) is 2. The van der Waals surface area contributed by atoms with E-state index in [1.807, 2.05) is 0 Å². The summed E-state index contributed by atoms with van der Waals surface area (Å²) in [5, 5.41) is 11.4. The molecule has 0 fully saturated rings. The molecular formula is C10H9F2NO2. The third-order valence-electron chi connectivity index (χ3n) is 2.39. The topological polar surface area (TPSA) is 49.3 Å². The van der Waals surface area contributed by atoms with Crippen molar-refractivity contribution >= 4 is 11.6 Å². The van der Waals surface area contributed by atoms with Gasteiger partial charge in [0.25, 0.3) is 5.91 Å². The lowest BCUT2D eigenvalue weighted by molar-refractivity contribution is -0.139. The lowest BCUT2D eigenvalue weighted by Gasteiger charge is -2.13. The van der Waals surface area contributed by atoms with Gasteiger partial charge in [-0.05, 0) is 18.6 Å². The second kappa shape index (κ2) is 3.00. The third-order valence-corrected chi connectivity index (χ3v) is 2.39. The molecule has 1 heterocycles. The largest absolute Gasteiger partial charge is 0.389 e. The van der Waals surface area contributed by atoms with E-state index in [2.05, 4.69) is 5.32 Å². The number of alkyl halides is 2. The van der Waals surface area contributed by atoms with Gasteiger partial charge in [0, 0.05) is 0 Å². The summed E-state index contributed by atoms with van der Waals surface area (Å²) in [7, 11) is 0. The minimum absolute atomic E-state index is 0.0726. The predicted octanol–water partition coefficient (Wildman–Crippen LogP) is 1.78. The Bertz CT molecular complexity index is 429. The summed E-state index contributed by atoms with van der Waals surface area (Å²) in [5.74, 6) is -4.89. The minimum Gasteiger partial charge on any atom is -0.389 e. The number of aliphatic hydroxyl groups excluding tert-OH is 1. The van der Waals surface area contributed by atoms with E-state index in [1.54, 1.807) is 0 Å². The molecule has 3 nitrogen and oxygen atoms in total. The highest BCUT2D eigenvalue weighted by Crippen LogP contribution is 2.43. The number of rotatable bonds is 1. The summed E-state index contributed by atoms with van der Waals surface area (Å²) in [4.78, 5) is 11.0. The Morgan fingerprint density at radius 3 is 2.73 bits per heavy atom. The quantitative estimate of drug-likeness (QED) is 0.747. The average molecular weight is 213 g/mol. The highest BCUT2D eigenvalue weighted by atomic mass is 19.3. The van der Waals surface area contributed by atoms with Crippen molar-refractivity contribution < 1.29 is 18.7 Å². The molecule has 0 saturated heterocycles. The van der Waals surface area contributed by atoms with Crippen LogP contribution < -0.4 is 5.32 Å². The first kappa shape index (κ1) is 10.0. The maximum Gasteiger partial charge on any atom is 0.352 e. The molecule has 15 heavy (non-hydrogen) atoms. The molecule has 0 aliphatic carbocycles. The predicted molar refractivity (Wildman–Crippen MR) is 49.6 cm³/mol. The van der Waals surface area contributed by atoms with Crippen LogP contribution in [0, 0.1) is 0 Å². The Kier molecular flexibility index (Phi) is 2.01. The van der Waals surface area contributed by atoms with Crippen molar-refractivity contribution in [3.63, 3.8) is 0 Å². The first-order chi connectivity index (χ1) is 6.94. The van der Waals surface area contributed by atoms with Gasteiger partial charge in [0.15, 0.2) is 0 Å². The van der Waals surface area contributed by atoms with E-state index >= 15 is 0 Å². The van der Waals surface area contributed by atoms with Gasteiger partial charge in [-0.25, -0.2) is 0 Å². The first-order valence-electron chi connectivity index (χ1n) is 4.45. The van der Waals surface area contributed by atoms with E-state index in [1.165, 1.54) is 25.1 Å². The molecule has 0 unspecified atom stereocenters. The summed E-state index contributed by atoms with van der Waals surface area (Å²) in [5.41, 5.74) is -0.260. The zero-order valence-electron chi connectivity index (χ0n) is 7.92. The van der Waals surface area contributed by atoms with Crippen LogP contribution in [0.5, 0.6) is 0 Å². The number of hydrogen-bond acceptors (Lipinski definition) is 2. The summed E-state index contributed by atoms with van der Waals surface area (Å²) in [6.07, 6.45) is -1.03. The average Bonchev–Trinajstić information content (AvgIpc) is 2.38. The van der Waals surface area contributed by atoms with Crippen molar-refractivity contribution in [2.75, 3.05) is 5.32 Å². The van der Waals surface area contributed by atoms with Gasteiger partial charge < -0.3 is 10.4 Å². The molecular weight excluding hydrogens is 204 g/mol. The molecule has 0 saturated carbocycles. The molecule has 1 atom stereocenters. The highest BCUT2D eigenvalue weighted by molar-refractivity contribution is 6.04. The Morgan fingerprint density at radius 2 is 2.13 bits per heavy atom. The molecule has 2 rings (SSSR count). The lowest BCUT2D eigenvalue weighted by atomic mass is 9.99. The number of carbonyl (C=O) groups is 1. The maximum atomic E-state index is 13.4. The molecule has 1 aliphatic rings. The summed E-state index contributed by atoms with van der Waals surface area (Å²) in [6, 6.07) is 4.29. The molecule has 1 aromatic carbocycles. The zero-order chi connectivity index (χ0) is 11.2. The van der Waals surface area contributed by atoms with Gasteiger partial charge in [-0.15, -0.1) is 0 Å². The smallest absolute Gasteiger partial charge is 0.352 e. The number of carbonyl (C=O) groups excluding carboxylic acids is 1. The van der Waals surface area contributed by atoms with Crippen molar-refractivity contribution in [1.29, 1.82) is 0 Å². The Hall–Kier alpha value is -1.49. The third kappa shape index (κ3) is 1.31. The maximum absolute atomic E-state index is 13.4. The fraction of sp³-hybridized carbons (Fsp3) is 0.300. The van der Waals surface area contributed by atoms with Crippen LogP contribution >= 0.6 is 0 Å². The van der Waals surface area contributed by atoms with E-state index in [9.17, 15) is 18.7 Å². The number of amides is 1. The van der Waals surface area contributed by atoms with Crippen molar-refractivity contribution in [1.82, 2.24) is 0 Å². The van der Waals surface area contributed by atoms with Crippen LogP contribution in [0.15, 0.2) is 18.2 Å². The number of aliphatic hydroxyl groups is 1. The molecule has 80 valence electrons. The van der Waals surface area contributed by atoms with Crippen molar-refractivity contribution in [3.8, 4) is 0 Å². The molecule has 0 spiro atoms. The van der Waals surface area contributed by atoms with Crippen molar-refractivity contribution in [2.24, 2.45) is 0 Å². The van der Waals surface area contributed by atoms with Crippen molar-refractivity contribution in [3.05, 3.63) is 29.3 Å². The molecule has 1 amide bonds. The molecule has 0 radical (unpaired) electrons. The zero-order valence-corrected chi connectivity index (χ0v) is 7.92. The highest BCUT2D eigenvalue weighted by Gasteiger charge is 2.50. The molecule has 0 aromatic heterocycles. The monoisotopic (exact) mass is 213 g/mol. The Labute approximate surface area is 84.7 Å². The van der Waals surface area contributed by atoms with Crippen LogP contribution in [0.2, 0.25) is 0 Å². The number of fused-ring (bicyclic) bond motifs is 1. The van der Waals surface area contributed by atoms with Gasteiger partial charge in [-0.3, -0.25) is 4.79 Å². The van der Waals surface area contributed by atoms with Gasteiger partial charge in [0.05, 0.1) is 17.4 Å². The summed E-state index contributed by atoms with van der Waals surface area (Å²) >= 11 is 0. The minimum atomic E-state index is -3.55. The van der Waals surface area contributed by atoms with Crippen LogP contribution in [0.25, 0.3) is 0 Å².